The fourth-order valence-electron chi connectivity index (χ4n) is 1.07. The number of carbonyl (C=O) groups is 1. The maximum Gasteiger partial charge on any atom is 0.164 e. The van der Waals surface area contributed by atoms with Crippen LogP contribution in [0.25, 0.3) is 0 Å². The van der Waals surface area contributed by atoms with Crippen molar-refractivity contribution >= 4 is 44.3 Å². The van der Waals surface area contributed by atoms with Gasteiger partial charge in [-0.2, -0.15) is 0 Å². The van der Waals surface area contributed by atoms with Gasteiger partial charge in [-0.05, 0) is 47.2 Å². The van der Waals surface area contributed by atoms with Crippen LogP contribution >= 0.6 is 38.5 Å². The van der Waals surface area contributed by atoms with Crippen molar-refractivity contribution < 1.29 is 4.79 Å². The summed E-state index contributed by atoms with van der Waals surface area (Å²) in [6.07, 6.45) is 1.52. The smallest absolute Gasteiger partial charge is 0.164 e. The van der Waals surface area contributed by atoms with Crippen LogP contribution in [0.5, 0.6) is 0 Å². The van der Waals surface area contributed by atoms with Crippen molar-refractivity contribution in [2.45, 2.75) is 19.8 Å². The lowest BCUT2D eigenvalue weighted by molar-refractivity contribution is 0.0981. The maximum absolute atomic E-state index is 11.6. The average molecular weight is 353 g/mol. The fraction of sp³-hybridized carbons (Fsp3) is 0.300. The molecule has 0 fully saturated rings. The minimum Gasteiger partial charge on any atom is -0.294 e. The standard InChI is InChI=1S/C10H10BrIO/c1-2-3-10(13)8-6-7(12)4-5-9(8)11/h4-6H,2-3H2,1H3. The van der Waals surface area contributed by atoms with Crippen LogP contribution in [-0.2, 0) is 0 Å². The molecule has 0 spiro atoms. The first kappa shape index (κ1) is 11.2. The summed E-state index contributed by atoms with van der Waals surface area (Å²) in [5.41, 5.74) is 0.800. The molecule has 1 rings (SSSR count). The summed E-state index contributed by atoms with van der Waals surface area (Å²) >= 11 is 5.59. The summed E-state index contributed by atoms with van der Waals surface area (Å²) in [5.74, 6) is 0.216. The summed E-state index contributed by atoms with van der Waals surface area (Å²) < 4.78 is 1.99. The van der Waals surface area contributed by atoms with Gasteiger partial charge in [-0.1, -0.05) is 22.9 Å². The molecule has 0 amide bonds. The Bertz CT molecular complexity index is 323. The Morgan fingerprint density at radius 1 is 1.54 bits per heavy atom. The number of rotatable bonds is 3. The summed E-state index contributed by atoms with van der Waals surface area (Å²) in [6, 6.07) is 5.82. The van der Waals surface area contributed by atoms with Crippen molar-refractivity contribution in [3.63, 3.8) is 0 Å². The van der Waals surface area contributed by atoms with Crippen LogP contribution in [0, 0.1) is 3.57 Å². The van der Waals surface area contributed by atoms with Gasteiger partial charge in [0.25, 0.3) is 0 Å². The van der Waals surface area contributed by atoms with Crippen LogP contribution in [0.15, 0.2) is 22.7 Å². The highest BCUT2D eigenvalue weighted by atomic mass is 127. The van der Waals surface area contributed by atoms with E-state index in [-0.39, 0.29) is 5.78 Å². The van der Waals surface area contributed by atoms with E-state index in [4.69, 9.17) is 0 Å². The zero-order valence-corrected chi connectivity index (χ0v) is 11.1. The van der Waals surface area contributed by atoms with E-state index in [2.05, 4.69) is 38.5 Å². The van der Waals surface area contributed by atoms with Crippen LogP contribution in [0.2, 0.25) is 0 Å². The molecule has 70 valence electrons. The van der Waals surface area contributed by atoms with Gasteiger partial charge in [-0.25, -0.2) is 0 Å². The molecule has 0 radical (unpaired) electrons. The van der Waals surface area contributed by atoms with Crippen molar-refractivity contribution in [1.82, 2.24) is 0 Å². The number of halogens is 2. The molecule has 0 unspecified atom stereocenters. The number of ketones is 1. The predicted octanol–water partition coefficient (Wildman–Crippen LogP) is 4.04. The van der Waals surface area contributed by atoms with Gasteiger partial charge in [-0.3, -0.25) is 4.79 Å². The van der Waals surface area contributed by atoms with Crippen molar-refractivity contribution in [3.05, 3.63) is 31.8 Å². The van der Waals surface area contributed by atoms with Crippen LogP contribution in [0.1, 0.15) is 30.1 Å². The lowest BCUT2D eigenvalue weighted by atomic mass is 10.1. The zero-order valence-electron chi connectivity index (χ0n) is 7.31. The first-order chi connectivity index (χ1) is 6.15. The van der Waals surface area contributed by atoms with Crippen molar-refractivity contribution in [2.24, 2.45) is 0 Å². The molecule has 0 saturated carbocycles. The second-order valence-electron chi connectivity index (χ2n) is 2.80. The Labute approximate surface area is 100 Å². The molecule has 0 aliphatic rings. The van der Waals surface area contributed by atoms with Crippen LogP contribution in [-0.4, -0.2) is 5.78 Å². The van der Waals surface area contributed by atoms with Crippen LogP contribution < -0.4 is 0 Å². The topological polar surface area (TPSA) is 17.1 Å². The third-order valence-corrected chi connectivity index (χ3v) is 3.07. The highest BCUT2D eigenvalue weighted by molar-refractivity contribution is 14.1. The Balaban J connectivity index is 2.99. The predicted molar refractivity (Wildman–Crippen MR) is 66.1 cm³/mol. The van der Waals surface area contributed by atoms with Crippen LogP contribution in [0.3, 0.4) is 0 Å². The van der Waals surface area contributed by atoms with E-state index < -0.39 is 0 Å². The highest BCUT2D eigenvalue weighted by Crippen LogP contribution is 2.21. The Morgan fingerprint density at radius 2 is 2.23 bits per heavy atom. The zero-order chi connectivity index (χ0) is 9.84. The van der Waals surface area contributed by atoms with E-state index in [1.165, 1.54) is 0 Å². The average Bonchev–Trinajstić information content (AvgIpc) is 2.09. The summed E-state index contributed by atoms with van der Waals surface area (Å²) in [4.78, 5) is 11.6. The molecule has 0 saturated heterocycles. The quantitative estimate of drug-likeness (QED) is 0.592. The van der Waals surface area contributed by atoms with Crippen LogP contribution in [0.4, 0.5) is 0 Å². The third kappa shape index (κ3) is 3.06. The molecule has 1 aromatic rings. The number of hydrogen-bond donors (Lipinski definition) is 0. The van der Waals surface area contributed by atoms with Gasteiger partial charge in [0.15, 0.2) is 5.78 Å². The molecule has 3 heteroatoms. The molecule has 0 N–H and O–H groups in total. The Hall–Kier alpha value is 0.1000. The third-order valence-electron chi connectivity index (χ3n) is 1.71. The van der Waals surface area contributed by atoms with Gasteiger partial charge in [0.05, 0.1) is 0 Å². The van der Waals surface area contributed by atoms with Crippen molar-refractivity contribution in [2.75, 3.05) is 0 Å². The largest absolute Gasteiger partial charge is 0.294 e. The monoisotopic (exact) mass is 352 g/mol. The molecule has 0 atom stereocenters. The Morgan fingerprint density at radius 3 is 2.85 bits per heavy atom. The second-order valence-corrected chi connectivity index (χ2v) is 4.90. The summed E-state index contributed by atoms with van der Waals surface area (Å²) in [7, 11) is 0. The van der Waals surface area contributed by atoms with E-state index in [9.17, 15) is 4.79 Å². The molecule has 0 bridgehead atoms. The van der Waals surface area contributed by atoms with Gasteiger partial charge in [0, 0.05) is 20.0 Å². The molecule has 13 heavy (non-hydrogen) atoms. The van der Waals surface area contributed by atoms with Gasteiger partial charge in [0.1, 0.15) is 0 Å². The van der Waals surface area contributed by atoms with Crippen molar-refractivity contribution in [3.8, 4) is 0 Å². The van der Waals surface area contributed by atoms with E-state index in [0.717, 1.165) is 20.0 Å². The molecule has 0 aliphatic carbocycles. The minimum absolute atomic E-state index is 0.216. The lowest BCUT2D eigenvalue weighted by Crippen LogP contribution is -1.99. The number of hydrogen-bond acceptors (Lipinski definition) is 1. The van der Waals surface area contributed by atoms with E-state index >= 15 is 0 Å². The number of carbonyl (C=O) groups excluding carboxylic acids is 1. The van der Waals surface area contributed by atoms with E-state index in [1.54, 1.807) is 0 Å². The molecular formula is C10H10BrIO. The van der Waals surface area contributed by atoms with Gasteiger partial charge < -0.3 is 0 Å². The Kier molecular flexibility index (Phi) is 4.38. The van der Waals surface area contributed by atoms with Crippen molar-refractivity contribution in [1.29, 1.82) is 0 Å². The minimum atomic E-state index is 0.216. The highest BCUT2D eigenvalue weighted by Gasteiger charge is 2.08. The summed E-state index contributed by atoms with van der Waals surface area (Å²) in [6.45, 7) is 2.01. The molecule has 1 aromatic carbocycles. The SMILES string of the molecule is CCCC(=O)c1cc(I)ccc1Br. The lowest BCUT2D eigenvalue weighted by Gasteiger charge is -2.02. The van der Waals surface area contributed by atoms with E-state index in [1.807, 2.05) is 25.1 Å². The number of benzene rings is 1. The first-order valence-corrected chi connectivity index (χ1v) is 6.00. The van der Waals surface area contributed by atoms with Gasteiger partial charge in [-0.15, -0.1) is 0 Å². The molecule has 0 aliphatic heterocycles. The molecule has 0 heterocycles. The molecule has 1 nitrogen and oxygen atoms in total. The second kappa shape index (κ2) is 5.10. The number of Topliss-reactive ketones (excluding diaryl/α,β-unsaturated/α-hetero) is 1. The fourth-order valence-corrected chi connectivity index (χ4v) is 2.03. The maximum atomic E-state index is 11.6. The van der Waals surface area contributed by atoms with E-state index in [0.29, 0.717) is 6.42 Å². The molecule has 0 aromatic heterocycles. The normalized spacial score (nSPS) is 10.1. The summed E-state index contributed by atoms with van der Waals surface area (Å²) in [5, 5.41) is 0. The van der Waals surface area contributed by atoms with Gasteiger partial charge >= 0.3 is 0 Å². The van der Waals surface area contributed by atoms with Gasteiger partial charge in [0.2, 0.25) is 0 Å². The first-order valence-electron chi connectivity index (χ1n) is 4.13. The molecular weight excluding hydrogens is 343 g/mol.